The Morgan fingerprint density at radius 2 is 1.59 bits per heavy atom. The second-order valence-electron chi connectivity index (χ2n) is 7.89. The first-order chi connectivity index (χ1) is 15.4. The first kappa shape index (κ1) is 22.0. The topological polar surface area (TPSA) is 54.9 Å². The van der Waals surface area contributed by atoms with E-state index in [1.807, 2.05) is 52.9 Å². The average Bonchev–Trinajstić information content (AvgIpc) is 3.33. The van der Waals surface area contributed by atoms with Crippen LogP contribution in [0.25, 0.3) is 28.1 Å². The lowest BCUT2D eigenvalue weighted by atomic mass is 10.1. The Kier molecular flexibility index (Phi) is 6.09. The zero-order valence-electron chi connectivity index (χ0n) is 17.3. The van der Waals surface area contributed by atoms with Crippen molar-refractivity contribution < 1.29 is 9.84 Å². The number of benzene rings is 2. The lowest BCUT2D eigenvalue weighted by Crippen LogP contribution is -2.38. The first-order valence-corrected chi connectivity index (χ1v) is 11.7. The Bertz CT molecular complexity index is 1230. The number of para-hydroxylation sites is 2. The van der Waals surface area contributed by atoms with E-state index in [0.717, 1.165) is 56.0 Å². The molecule has 0 aliphatic carbocycles. The summed E-state index contributed by atoms with van der Waals surface area (Å²) in [6.45, 7) is 4.94. The highest BCUT2D eigenvalue weighted by molar-refractivity contribution is 6.68. The Labute approximate surface area is 200 Å². The number of ether oxygens (including phenoxy) is 1. The van der Waals surface area contributed by atoms with Gasteiger partial charge in [-0.1, -0.05) is 77.3 Å². The van der Waals surface area contributed by atoms with Crippen LogP contribution in [0.3, 0.4) is 0 Å². The van der Waals surface area contributed by atoms with E-state index in [4.69, 9.17) is 44.5 Å². The molecule has 1 aliphatic rings. The van der Waals surface area contributed by atoms with Gasteiger partial charge in [0.25, 0.3) is 0 Å². The number of hydrogen-bond donors (Lipinski definition) is 1. The molecule has 0 saturated carbocycles. The molecule has 3 heterocycles. The molecule has 0 amide bonds. The number of aromatic nitrogens is 3. The van der Waals surface area contributed by atoms with Crippen LogP contribution in [0.1, 0.15) is 11.8 Å². The molecule has 0 radical (unpaired) electrons. The van der Waals surface area contributed by atoms with Gasteiger partial charge in [0.2, 0.25) is 9.57 Å². The predicted octanol–water partition coefficient (Wildman–Crippen LogP) is 4.69. The van der Waals surface area contributed by atoms with Gasteiger partial charge in [-0.2, -0.15) is 0 Å². The van der Waals surface area contributed by atoms with Gasteiger partial charge in [-0.25, -0.2) is 4.98 Å². The van der Waals surface area contributed by atoms with E-state index in [1.54, 1.807) is 0 Å². The highest BCUT2D eigenvalue weighted by atomic mass is 35.6. The predicted molar refractivity (Wildman–Crippen MR) is 129 cm³/mol. The molecule has 1 unspecified atom stereocenters. The maximum absolute atomic E-state index is 11.1. The van der Waals surface area contributed by atoms with Crippen molar-refractivity contribution in [3.8, 4) is 11.3 Å². The molecule has 1 saturated heterocycles. The molecule has 168 valence electrons. The molecule has 2 aromatic carbocycles. The van der Waals surface area contributed by atoms with Crippen LogP contribution in [-0.4, -0.2) is 60.6 Å². The van der Waals surface area contributed by atoms with Crippen molar-refractivity contribution in [2.24, 2.45) is 0 Å². The molecule has 2 aromatic heterocycles. The van der Waals surface area contributed by atoms with Crippen molar-refractivity contribution in [3.63, 3.8) is 0 Å². The molecule has 1 atom stereocenters. The number of morpholine rings is 1. The van der Waals surface area contributed by atoms with E-state index in [9.17, 15) is 5.11 Å². The lowest BCUT2D eigenvalue weighted by molar-refractivity contribution is 0.0366. The van der Waals surface area contributed by atoms with Crippen LogP contribution in [0.15, 0.2) is 54.6 Å². The molecule has 1 N–H and O–H groups in total. The van der Waals surface area contributed by atoms with Gasteiger partial charge in [-0.3, -0.25) is 9.30 Å². The number of imidazole rings is 2. The first-order valence-electron chi connectivity index (χ1n) is 10.5. The molecule has 32 heavy (non-hydrogen) atoms. The van der Waals surface area contributed by atoms with E-state index in [-0.39, 0.29) is 0 Å². The third kappa shape index (κ3) is 4.00. The SMILES string of the molecule is OC(c1c(-c2ccccc2)nc2n(CCN3CCOCC3)c3ccccc3n12)C(Cl)(Cl)Cl. The number of halogens is 3. The van der Waals surface area contributed by atoms with Gasteiger partial charge in [0.1, 0.15) is 6.10 Å². The summed E-state index contributed by atoms with van der Waals surface area (Å²) >= 11 is 18.5. The summed E-state index contributed by atoms with van der Waals surface area (Å²) in [5.74, 6) is 0.710. The lowest BCUT2D eigenvalue weighted by Gasteiger charge is -2.26. The van der Waals surface area contributed by atoms with Crippen molar-refractivity contribution in [2.75, 3.05) is 32.8 Å². The fourth-order valence-corrected chi connectivity index (χ4v) is 4.64. The fraction of sp³-hybridized carbons (Fsp3) is 0.348. The molecular formula is C23H23Cl3N4O2. The Balaban J connectivity index is 1.71. The molecular weight excluding hydrogens is 471 g/mol. The largest absolute Gasteiger partial charge is 0.382 e. The summed E-state index contributed by atoms with van der Waals surface area (Å²) in [7, 11) is 0. The zero-order valence-corrected chi connectivity index (χ0v) is 19.6. The van der Waals surface area contributed by atoms with Crippen LogP contribution in [0, 0.1) is 0 Å². The summed E-state index contributed by atoms with van der Waals surface area (Å²) < 4.78 is 7.66. The third-order valence-corrected chi connectivity index (χ3v) is 6.53. The van der Waals surface area contributed by atoms with Crippen molar-refractivity contribution in [1.82, 2.24) is 18.9 Å². The summed E-state index contributed by atoms with van der Waals surface area (Å²) in [5, 5.41) is 11.1. The standard InChI is InChI=1S/C23H23Cl3N4O2/c24-23(25,26)21(31)20-19(16-6-2-1-3-7-16)27-22-29(11-10-28-12-14-32-15-13-28)17-8-4-5-9-18(17)30(20)22/h1-9,21,31H,10-15H2. The Hall–Kier alpha value is -1.80. The normalized spacial score (nSPS) is 16.8. The Morgan fingerprint density at radius 3 is 2.28 bits per heavy atom. The van der Waals surface area contributed by atoms with Crippen LogP contribution < -0.4 is 0 Å². The minimum absolute atomic E-state index is 0.465. The number of hydrogen-bond acceptors (Lipinski definition) is 4. The second-order valence-corrected chi connectivity index (χ2v) is 10.3. The maximum Gasteiger partial charge on any atom is 0.221 e. The van der Waals surface area contributed by atoms with E-state index < -0.39 is 9.90 Å². The quantitative estimate of drug-likeness (QED) is 0.410. The van der Waals surface area contributed by atoms with Crippen LogP contribution in [0.2, 0.25) is 0 Å². The fourth-order valence-electron chi connectivity index (χ4n) is 4.33. The zero-order chi connectivity index (χ0) is 22.3. The summed E-state index contributed by atoms with van der Waals surface area (Å²) in [4.78, 5) is 7.35. The van der Waals surface area contributed by atoms with Gasteiger partial charge in [-0.15, -0.1) is 0 Å². The second kappa shape index (κ2) is 8.86. The van der Waals surface area contributed by atoms with Gasteiger partial charge >= 0.3 is 0 Å². The number of rotatable bonds is 5. The summed E-state index contributed by atoms with van der Waals surface area (Å²) in [5.41, 5.74) is 3.84. The van der Waals surface area contributed by atoms with E-state index >= 15 is 0 Å². The molecule has 0 spiro atoms. The highest BCUT2D eigenvalue weighted by Gasteiger charge is 2.38. The number of fused-ring (bicyclic) bond motifs is 3. The molecule has 9 heteroatoms. The van der Waals surface area contributed by atoms with Crippen molar-refractivity contribution in [1.29, 1.82) is 0 Å². The van der Waals surface area contributed by atoms with E-state index in [0.29, 0.717) is 17.2 Å². The third-order valence-electron chi connectivity index (χ3n) is 5.91. The van der Waals surface area contributed by atoms with Gasteiger partial charge in [-0.05, 0) is 12.1 Å². The van der Waals surface area contributed by atoms with Crippen LogP contribution >= 0.6 is 34.8 Å². The molecule has 0 bridgehead atoms. The monoisotopic (exact) mass is 492 g/mol. The summed E-state index contributed by atoms with van der Waals surface area (Å²) in [6.07, 6.45) is -1.36. The van der Waals surface area contributed by atoms with Crippen LogP contribution in [0.4, 0.5) is 0 Å². The van der Waals surface area contributed by atoms with Crippen molar-refractivity contribution in [3.05, 3.63) is 60.3 Å². The van der Waals surface area contributed by atoms with E-state index in [1.165, 1.54) is 0 Å². The number of alkyl halides is 3. The van der Waals surface area contributed by atoms with Crippen molar-refractivity contribution >= 4 is 51.6 Å². The summed E-state index contributed by atoms with van der Waals surface area (Å²) in [6, 6.07) is 17.7. The number of aliphatic hydroxyl groups excluding tert-OH is 1. The minimum Gasteiger partial charge on any atom is -0.382 e. The minimum atomic E-state index is -1.91. The van der Waals surface area contributed by atoms with Crippen LogP contribution in [-0.2, 0) is 11.3 Å². The van der Waals surface area contributed by atoms with Gasteiger partial charge in [0.05, 0.1) is 35.6 Å². The van der Waals surface area contributed by atoms with Crippen LogP contribution in [0.5, 0.6) is 0 Å². The molecule has 6 nitrogen and oxygen atoms in total. The number of aliphatic hydroxyl groups is 1. The highest BCUT2D eigenvalue weighted by Crippen LogP contribution is 2.44. The molecule has 1 fully saturated rings. The maximum atomic E-state index is 11.1. The smallest absolute Gasteiger partial charge is 0.221 e. The average molecular weight is 494 g/mol. The van der Waals surface area contributed by atoms with Gasteiger partial charge in [0, 0.05) is 31.7 Å². The molecule has 1 aliphatic heterocycles. The molecule has 4 aromatic rings. The molecule has 5 rings (SSSR count). The Morgan fingerprint density at radius 1 is 0.938 bits per heavy atom. The van der Waals surface area contributed by atoms with Crippen molar-refractivity contribution in [2.45, 2.75) is 16.4 Å². The van der Waals surface area contributed by atoms with Gasteiger partial charge in [0.15, 0.2) is 0 Å². The van der Waals surface area contributed by atoms with Gasteiger partial charge < -0.3 is 14.4 Å². The number of nitrogens with zero attached hydrogens (tertiary/aromatic N) is 4. The van der Waals surface area contributed by atoms with E-state index in [2.05, 4.69) is 15.5 Å².